The Bertz CT molecular complexity index is 1070. The minimum Gasteiger partial charge on any atom is -0.372 e. The highest BCUT2D eigenvalue weighted by atomic mass is 32.2. The highest BCUT2D eigenvalue weighted by Crippen LogP contribution is 2.27. The van der Waals surface area contributed by atoms with Crippen LogP contribution in [0, 0.1) is 6.92 Å². The number of aromatic nitrogens is 3. The van der Waals surface area contributed by atoms with Gasteiger partial charge in [0.1, 0.15) is 0 Å². The first-order valence-electron chi connectivity index (χ1n) is 10.1. The average molecular weight is 434 g/mol. The molecule has 0 aliphatic carbocycles. The van der Waals surface area contributed by atoms with E-state index in [9.17, 15) is 13.2 Å². The molecule has 0 N–H and O–H groups in total. The second-order valence-corrected chi connectivity index (χ2v) is 10.1. The normalized spacial score (nSPS) is 22.7. The predicted molar refractivity (Wildman–Crippen MR) is 111 cm³/mol. The number of ether oxygens (including phenoxy) is 1. The van der Waals surface area contributed by atoms with Crippen LogP contribution >= 0.6 is 0 Å². The molecule has 2 atom stereocenters. The number of sulfonamides is 1. The van der Waals surface area contributed by atoms with Crippen molar-refractivity contribution in [2.24, 2.45) is 0 Å². The van der Waals surface area contributed by atoms with Gasteiger partial charge in [-0.25, -0.2) is 13.1 Å². The highest BCUT2D eigenvalue weighted by molar-refractivity contribution is 7.88. The molecule has 3 heterocycles. The summed E-state index contributed by atoms with van der Waals surface area (Å²) >= 11 is 0. The molecule has 4 rings (SSSR count). The maximum absolute atomic E-state index is 13.1. The van der Waals surface area contributed by atoms with Crippen LogP contribution in [0.1, 0.15) is 41.2 Å². The molecule has 1 aromatic carbocycles. The lowest BCUT2D eigenvalue weighted by molar-refractivity contribution is -0.0587. The number of nitrogens with zero attached hydrogens (tertiary/aromatic N) is 5. The van der Waals surface area contributed by atoms with Gasteiger partial charge in [0.15, 0.2) is 5.69 Å². The zero-order valence-corrected chi connectivity index (χ0v) is 18.5. The van der Waals surface area contributed by atoms with Crippen molar-refractivity contribution in [1.82, 2.24) is 24.2 Å². The lowest BCUT2D eigenvalue weighted by atomic mass is 9.99. The van der Waals surface area contributed by atoms with E-state index in [0.717, 1.165) is 16.8 Å². The van der Waals surface area contributed by atoms with Crippen molar-refractivity contribution in [3.05, 3.63) is 40.7 Å². The number of amides is 1. The maximum Gasteiger partial charge on any atom is 0.276 e. The number of hydrogen-bond acceptors (Lipinski definition) is 6. The molecular weight excluding hydrogens is 406 g/mol. The third-order valence-electron chi connectivity index (χ3n) is 5.71. The Balaban J connectivity index is 1.65. The minimum absolute atomic E-state index is 0.0213. The third-order valence-corrected chi connectivity index (χ3v) is 6.96. The van der Waals surface area contributed by atoms with E-state index < -0.39 is 10.0 Å². The molecule has 0 radical (unpaired) electrons. The van der Waals surface area contributed by atoms with Gasteiger partial charge in [-0.05, 0) is 44.4 Å². The van der Waals surface area contributed by atoms with Gasteiger partial charge in [0.05, 0.1) is 29.8 Å². The van der Waals surface area contributed by atoms with Gasteiger partial charge in [0.25, 0.3) is 5.91 Å². The van der Waals surface area contributed by atoms with Crippen molar-refractivity contribution in [2.75, 3.05) is 25.9 Å². The van der Waals surface area contributed by atoms with Crippen molar-refractivity contribution in [1.29, 1.82) is 0 Å². The summed E-state index contributed by atoms with van der Waals surface area (Å²) in [6, 6.07) is 5.75. The Morgan fingerprint density at radius 3 is 2.57 bits per heavy atom. The second-order valence-electron chi connectivity index (χ2n) is 8.16. The molecule has 30 heavy (non-hydrogen) atoms. The fraction of sp³-hybridized carbons (Fsp3) is 0.550. The molecular formula is C20H27N5O4S. The molecule has 0 bridgehead atoms. The van der Waals surface area contributed by atoms with Crippen LogP contribution in [0.25, 0.3) is 5.69 Å². The molecule has 2 aromatic rings. The van der Waals surface area contributed by atoms with Crippen molar-refractivity contribution >= 4 is 15.9 Å². The molecule has 2 aliphatic rings. The number of carbonyl (C=O) groups excluding carboxylic acids is 1. The van der Waals surface area contributed by atoms with Crippen molar-refractivity contribution in [3.63, 3.8) is 0 Å². The van der Waals surface area contributed by atoms with E-state index in [1.54, 1.807) is 9.58 Å². The zero-order valence-electron chi connectivity index (χ0n) is 17.7. The number of carbonyl (C=O) groups is 1. The zero-order chi connectivity index (χ0) is 21.6. The first-order chi connectivity index (χ1) is 14.1. The van der Waals surface area contributed by atoms with E-state index in [4.69, 9.17) is 4.74 Å². The third kappa shape index (κ3) is 3.86. The van der Waals surface area contributed by atoms with Crippen molar-refractivity contribution in [3.8, 4) is 5.69 Å². The van der Waals surface area contributed by atoms with Crippen LogP contribution in [0.5, 0.6) is 0 Å². The molecule has 0 saturated carbocycles. The van der Waals surface area contributed by atoms with Crippen LogP contribution < -0.4 is 0 Å². The van der Waals surface area contributed by atoms with Gasteiger partial charge in [-0.3, -0.25) is 4.79 Å². The number of fused-ring (bicyclic) bond motifs is 1. The fourth-order valence-corrected chi connectivity index (χ4v) is 5.09. The predicted octanol–water partition coefficient (Wildman–Crippen LogP) is 1.14. The van der Waals surface area contributed by atoms with Gasteiger partial charge in [0, 0.05) is 26.2 Å². The second kappa shape index (κ2) is 7.75. The lowest BCUT2D eigenvalue weighted by Gasteiger charge is -2.34. The van der Waals surface area contributed by atoms with Crippen LogP contribution in [-0.2, 0) is 27.7 Å². The maximum atomic E-state index is 13.1. The molecule has 0 spiro atoms. The first-order valence-corrected chi connectivity index (χ1v) is 11.9. The summed E-state index contributed by atoms with van der Waals surface area (Å²) in [5.41, 5.74) is 3.84. The fourth-order valence-electron chi connectivity index (χ4n) is 4.29. The van der Waals surface area contributed by atoms with E-state index in [1.807, 2.05) is 39.0 Å². The average Bonchev–Trinajstić information content (AvgIpc) is 3.06. The number of benzene rings is 1. The molecule has 0 unspecified atom stereocenters. The Morgan fingerprint density at radius 1 is 1.20 bits per heavy atom. The molecule has 1 fully saturated rings. The van der Waals surface area contributed by atoms with Crippen LogP contribution in [0.4, 0.5) is 0 Å². The Kier molecular flexibility index (Phi) is 5.41. The highest BCUT2D eigenvalue weighted by Gasteiger charge is 2.31. The van der Waals surface area contributed by atoms with Gasteiger partial charge in [0.2, 0.25) is 10.0 Å². The van der Waals surface area contributed by atoms with E-state index in [0.29, 0.717) is 44.0 Å². The summed E-state index contributed by atoms with van der Waals surface area (Å²) in [6.07, 6.45) is 1.77. The SMILES string of the molecule is Cc1c(C(=O)N2C[C@@H](C)O[C@H](C)C2)nnn1-c1cccc2c1CCN(S(C)(=O)=O)C2. The number of morpholine rings is 1. The monoisotopic (exact) mass is 433 g/mol. The molecule has 162 valence electrons. The summed E-state index contributed by atoms with van der Waals surface area (Å²) in [5.74, 6) is -0.145. The Labute approximate surface area is 176 Å². The van der Waals surface area contributed by atoms with Crippen LogP contribution in [0.3, 0.4) is 0 Å². The molecule has 1 aromatic heterocycles. The van der Waals surface area contributed by atoms with Gasteiger partial charge in [-0.1, -0.05) is 17.3 Å². The molecule has 1 saturated heterocycles. The minimum atomic E-state index is -3.24. The van der Waals surface area contributed by atoms with Gasteiger partial charge >= 0.3 is 0 Å². The largest absolute Gasteiger partial charge is 0.372 e. The lowest BCUT2D eigenvalue weighted by Crippen LogP contribution is -2.48. The van der Waals surface area contributed by atoms with Crippen LogP contribution in [-0.4, -0.2) is 76.6 Å². The summed E-state index contributed by atoms with van der Waals surface area (Å²) in [6.45, 7) is 7.56. The summed E-state index contributed by atoms with van der Waals surface area (Å²) in [5, 5.41) is 8.47. The Morgan fingerprint density at radius 2 is 1.90 bits per heavy atom. The van der Waals surface area contributed by atoms with Gasteiger partial charge in [-0.15, -0.1) is 5.10 Å². The molecule has 2 aliphatic heterocycles. The van der Waals surface area contributed by atoms with Crippen molar-refractivity contribution < 1.29 is 17.9 Å². The Hall–Kier alpha value is -2.30. The van der Waals surface area contributed by atoms with Gasteiger partial charge in [-0.2, -0.15) is 4.31 Å². The topological polar surface area (TPSA) is 97.6 Å². The van der Waals surface area contributed by atoms with E-state index in [1.165, 1.54) is 10.6 Å². The number of hydrogen-bond donors (Lipinski definition) is 0. The number of rotatable bonds is 3. The van der Waals surface area contributed by atoms with Gasteiger partial charge < -0.3 is 9.64 Å². The van der Waals surface area contributed by atoms with E-state index in [-0.39, 0.29) is 18.1 Å². The summed E-state index contributed by atoms with van der Waals surface area (Å²) in [7, 11) is -3.24. The van der Waals surface area contributed by atoms with Crippen LogP contribution in [0.2, 0.25) is 0 Å². The molecule has 1 amide bonds. The standard InChI is InChI=1S/C20H27N5O4S/c1-13-10-23(11-14(2)29-13)20(26)19-15(3)25(22-21-19)18-7-5-6-16-12-24(30(4,27)28)9-8-17(16)18/h5-7,13-14H,8-12H2,1-4H3/t13-,14-/m1/s1. The van der Waals surface area contributed by atoms with Crippen LogP contribution in [0.15, 0.2) is 18.2 Å². The van der Waals surface area contributed by atoms with E-state index >= 15 is 0 Å². The van der Waals surface area contributed by atoms with E-state index in [2.05, 4.69) is 10.3 Å². The first kappa shape index (κ1) is 21.0. The molecule has 10 heteroatoms. The van der Waals surface area contributed by atoms with Crippen molar-refractivity contribution in [2.45, 2.75) is 45.9 Å². The summed E-state index contributed by atoms with van der Waals surface area (Å²) < 4.78 is 32.7. The summed E-state index contributed by atoms with van der Waals surface area (Å²) in [4.78, 5) is 14.8. The molecule has 9 nitrogen and oxygen atoms in total. The smallest absolute Gasteiger partial charge is 0.276 e. The quantitative estimate of drug-likeness (QED) is 0.720.